The van der Waals surface area contributed by atoms with Crippen molar-refractivity contribution in [2.75, 3.05) is 19.0 Å². The summed E-state index contributed by atoms with van der Waals surface area (Å²) in [6.45, 7) is -0.122. The van der Waals surface area contributed by atoms with Gasteiger partial charge in [0.1, 0.15) is 5.75 Å². The average Bonchev–Trinajstić information content (AvgIpc) is 2.73. The fourth-order valence-corrected chi connectivity index (χ4v) is 2.60. The van der Waals surface area contributed by atoms with Crippen LogP contribution in [0.2, 0.25) is 0 Å². The van der Waals surface area contributed by atoms with Gasteiger partial charge in [0.15, 0.2) is 6.61 Å². The number of amides is 1. The second-order valence-corrected chi connectivity index (χ2v) is 5.77. The average molecular weight is 361 g/mol. The van der Waals surface area contributed by atoms with Crippen LogP contribution in [0.3, 0.4) is 0 Å². The Hall–Kier alpha value is -3.60. The largest absolute Gasteiger partial charge is 0.483 e. The topological polar surface area (TPSA) is 64.6 Å². The van der Waals surface area contributed by atoms with Gasteiger partial charge in [0, 0.05) is 11.3 Å². The van der Waals surface area contributed by atoms with Crippen molar-refractivity contribution in [2.24, 2.45) is 0 Å². The second-order valence-electron chi connectivity index (χ2n) is 5.77. The molecule has 0 unspecified atom stereocenters. The van der Waals surface area contributed by atoms with E-state index in [-0.39, 0.29) is 12.5 Å². The van der Waals surface area contributed by atoms with Gasteiger partial charge < -0.3 is 14.8 Å². The van der Waals surface area contributed by atoms with E-state index in [4.69, 9.17) is 4.74 Å². The van der Waals surface area contributed by atoms with E-state index in [9.17, 15) is 9.59 Å². The smallest absolute Gasteiger partial charge is 0.337 e. The van der Waals surface area contributed by atoms with Crippen molar-refractivity contribution in [1.29, 1.82) is 0 Å². The molecule has 5 nitrogen and oxygen atoms in total. The molecule has 0 radical (unpaired) electrons. The van der Waals surface area contributed by atoms with Crippen LogP contribution in [0.5, 0.6) is 5.75 Å². The van der Waals surface area contributed by atoms with Crippen LogP contribution >= 0.6 is 0 Å². The van der Waals surface area contributed by atoms with E-state index in [1.165, 1.54) is 7.11 Å². The Morgan fingerprint density at radius 2 is 1.52 bits per heavy atom. The van der Waals surface area contributed by atoms with E-state index in [2.05, 4.69) is 10.1 Å². The standard InChI is InChI=1S/C22H19NO4/c1-26-22(25)17-11-13-18(14-12-17)23-21(24)15-27-20-10-6-5-9-19(20)16-7-3-2-4-8-16/h2-14H,15H2,1H3,(H,23,24). The summed E-state index contributed by atoms with van der Waals surface area (Å²) < 4.78 is 10.4. The van der Waals surface area contributed by atoms with E-state index in [1.807, 2.05) is 54.6 Å². The van der Waals surface area contributed by atoms with Gasteiger partial charge in [-0.3, -0.25) is 4.79 Å². The SMILES string of the molecule is COC(=O)c1ccc(NC(=O)COc2ccccc2-c2ccccc2)cc1. The molecule has 136 valence electrons. The molecule has 0 atom stereocenters. The molecule has 0 aliphatic rings. The molecule has 0 bridgehead atoms. The molecule has 3 rings (SSSR count). The summed E-state index contributed by atoms with van der Waals surface area (Å²) >= 11 is 0. The Morgan fingerprint density at radius 3 is 2.22 bits per heavy atom. The van der Waals surface area contributed by atoms with Gasteiger partial charge in [-0.05, 0) is 35.9 Å². The maximum absolute atomic E-state index is 12.2. The van der Waals surface area contributed by atoms with Crippen molar-refractivity contribution in [2.45, 2.75) is 0 Å². The lowest BCUT2D eigenvalue weighted by molar-refractivity contribution is -0.118. The molecule has 0 saturated carbocycles. The molecule has 27 heavy (non-hydrogen) atoms. The first kappa shape index (κ1) is 18.2. The summed E-state index contributed by atoms with van der Waals surface area (Å²) in [5.41, 5.74) is 2.94. The second kappa shape index (κ2) is 8.67. The van der Waals surface area contributed by atoms with Crippen LogP contribution in [-0.2, 0) is 9.53 Å². The van der Waals surface area contributed by atoms with E-state index in [0.717, 1.165) is 11.1 Å². The molecule has 0 heterocycles. The van der Waals surface area contributed by atoms with Crippen LogP contribution < -0.4 is 10.1 Å². The Morgan fingerprint density at radius 1 is 0.852 bits per heavy atom. The predicted molar refractivity (Wildman–Crippen MR) is 104 cm³/mol. The summed E-state index contributed by atoms with van der Waals surface area (Å²) in [7, 11) is 1.32. The maximum Gasteiger partial charge on any atom is 0.337 e. The number of methoxy groups -OCH3 is 1. The summed E-state index contributed by atoms with van der Waals surface area (Å²) in [5, 5.41) is 2.74. The number of esters is 1. The van der Waals surface area contributed by atoms with Crippen molar-refractivity contribution in [3.8, 4) is 16.9 Å². The predicted octanol–water partition coefficient (Wildman–Crippen LogP) is 4.16. The maximum atomic E-state index is 12.2. The number of para-hydroxylation sites is 1. The highest BCUT2D eigenvalue weighted by molar-refractivity contribution is 5.93. The lowest BCUT2D eigenvalue weighted by Crippen LogP contribution is -2.20. The van der Waals surface area contributed by atoms with Crippen molar-refractivity contribution >= 4 is 17.6 Å². The summed E-state index contributed by atoms with van der Waals surface area (Å²) in [5.74, 6) is -0.0719. The molecule has 0 spiro atoms. The fourth-order valence-electron chi connectivity index (χ4n) is 2.60. The number of rotatable bonds is 6. The highest BCUT2D eigenvalue weighted by Crippen LogP contribution is 2.29. The highest BCUT2D eigenvalue weighted by Gasteiger charge is 2.09. The van der Waals surface area contributed by atoms with Gasteiger partial charge in [-0.15, -0.1) is 0 Å². The molecule has 1 amide bonds. The zero-order chi connectivity index (χ0) is 19.1. The quantitative estimate of drug-likeness (QED) is 0.670. The minimum atomic E-state index is -0.422. The van der Waals surface area contributed by atoms with E-state index < -0.39 is 5.97 Å². The number of hydrogen-bond donors (Lipinski definition) is 1. The molecule has 0 saturated heterocycles. The van der Waals surface area contributed by atoms with Gasteiger partial charge in [-0.1, -0.05) is 48.5 Å². The van der Waals surface area contributed by atoms with Crippen LogP contribution in [-0.4, -0.2) is 25.6 Å². The molecule has 0 aliphatic heterocycles. The Bertz CT molecular complexity index is 921. The number of carbonyl (C=O) groups is 2. The first-order valence-corrected chi connectivity index (χ1v) is 8.43. The van der Waals surface area contributed by atoms with Crippen molar-refractivity contribution in [1.82, 2.24) is 0 Å². The van der Waals surface area contributed by atoms with Crippen LogP contribution in [0.15, 0.2) is 78.9 Å². The molecule has 3 aromatic carbocycles. The van der Waals surface area contributed by atoms with Gasteiger partial charge in [0.05, 0.1) is 12.7 Å². The van der Waals surface area contributed by atoms with Gasteiger partial charge >= 0.3 is 5.97 Å². The number of benzene rings is 3. The third-order valence-electron chi connectivity index (χ3n) is 3.92. The third kappa shape index (κ3) is 4.73. The van der Waals surface area contributed by atoms with Gasteiger partial charge in [-0.25, -0.2) is 4.79 Å². The number of anilines is 1. The van der Waals surface area contributed by atoms with E-state index >= 15 is 0 Å². The lowest BCUT2D eigenvalue weighted by Gasteiger charge is -2.12. The van der Waals surface area contributed by atoms with E-state index in [0.29, 0.717) is 17.0 Å². The Labute approximate surface area is 157 Å². The monoisotopic (exact) mass is 361 g/mol. The van der Waals surface area contributed by atoms with Gasteiger partial charge in [0.25, 0.3) is 5.91 Å². The summed E-state index contributed by atoms with van der Waals surface area (Å²) in [6, 6.07) is 23.9. The number of hydrogen-bond acceptors (Lipinski definition) is 4. The van der Waals surface area contributed by atoms with Crippen molar-refractivity contribution < 1.29 is 19.1 Å². The Kier molecular flexibility index (Phi) is 5.84. The molecular formula is C22H19NO4. The van der Waals surface area contributed by atoms with Crippen molar-refractivity contribution in [3.05, 3.63) is 84.4 Å². The molecule has 3 aromatic rings. The van der Waals surface area contributed by atoms with E-state index in [1.54, 1.807) is 24.3 Å². The molecule has 5 heteroatoms. The molecule has 0 aliphatic carbocycles. The molecule has 0 fully saturated rings. The molecule has 1 N–H and O–H groups in total. The van der Waals surface area contributed by atoms with Crippen molar-refractivity contribution in [3.63, 3.8) is 0 Å². The van der Waals surface area contributed by atoms with Crippen LogP contribution in [0.25, 0.3) is 11.1 Å². The Balaban J connectivity index is 1.62. The number of ether oxygens (including phenoxy) is 2. The van der Waals surface area contributed by atoms with Gasteiger partial charge in [-0.2, -0.15) is 0 Å². The third-order valence-corrected chi connectivity index (χ3v) is 3.92. The minimum Gasteiger partial charge on any atom is -0.483 e. The normalized spacial score (nSPS) is 10.1. The highest BCUT2D eigenvalue weighted by atomic mass is 16.5. The zero-order valence-electron chi connectivity index (χ0n) is 14.8. The zero-order valence-corrected chi connectivity index (χ0v) is 14.8. The summed E-state index contributed by atoms with van der Waals surface area (Å²) in [4.78, 5) is 23.6. The lowest BCUT2D eigenvalue weighted by atomic mass is 10.1. The first-order valence-electron chi connectivity index (χ1n) is 8.43. The molecular weight excluding hydrogens is 342 g/mol. The van der Waals surface area contributed by atoms with Gasteiger partial charge in [0.2, 0.25) is 0 Å². The first-order chi connectivity index (χ1) is 13.2. The number of carbonyl (C=O) groups excluding carboxylic acids is 2. The summed E-state index contributed by atoms with van der Waals surface area (Å²) in [6.07, 6.45) is 0. The fraction of sp³-hybridized carbons (Fsp3) is 0.0909. The molecule has 0 aromatic heterocycles. The number of nitrogens with one attached hydrogen (secondary N) is 1. The van der Waals surface area contributed by atoms with Crippen LogP contribution in [0.1, 0.15) is 10.4 Å². The minimum absolute atomic E-state index is 0.122. The van der Waals surface area contributed by atoms with Crippen LogP contribution in [0, 0.1) is 0 Å². The van der Waals surface area contributed by atoms with Crippen LogP contribution in [0.4, 0.5) is 5.69 Å².